The smallest absolute Gasteiger partial charge is 0.333 e. The molecule has 0 saturated carbocycles. The summed E-state index contributed by atoms with van der Waals surface area (Å²) in [5, 5.41) is 10.2. The maximum absolute atomic E-state index is 11.2. The molecular formula is C34H60N2O4. The number of ether oxygens (including phenoxy) is 1. The molecule has 0 fully saturated rings. The zero-order chi connectivity index (χ0) is 31.1. The van der Waals surface area contributed by atoms with E-state index in [0.29, 0.717) is 18.6 Å². The van der Waals surface area contributed by atoms with Crippen molar-refractivity contribution in [2.45, 2.75) is 149 Å². The lowest BCUT2D eigenvalue weighted by Crippen LogP contribution is -2.43. The molecule has 0 aliphatic heterocycles. The van der Waals surface area contributed by atoms with Crippen LogP contribution in [0, 0.1) is 11.3 Å². The third kappa shape index (κ3) is 37.5. The predicted octanol–water partition coefficient (Wildman–Crippen LogP) is 9.11. The van der Waals surface area contributed by atoms with E-state index in [1.54, 1.807) is 26.8 Å². The SMILES string of the molecule is C=C(C)C(=O)OCCCCCCCCCCCCCCCCCC.C=CC#N.C=CC(=O)NC(C)(C)CC(C)=O. The van der Waals surface area contributed by atoms with Crippen LogP contribution >= 0.6 is 0 Å². The van der Waals surface area contributed by atoms with Gasteiger partial charge in [-0.1, -0.05) is 123 Å². The summed E-state index contributed by atoms with van der Waals surface area (Å²) < 4.78 is 5.08. The van der Waals surface area contributed by atoms with Gasteiger partial charge in [0, 0.05) is 23.6 Å². The van der Waals surface area contributed by atoms with Crippen molar-refractivity contribution >= 4 is 17.7 Å². The molecule has 40 heavy (non-hydrogen) atoms. The number of Topliss-reactive ketones (excluding diaryl/α,β-unsaturated/α-hetero) is 1. The van der Waals surface area contributed by atoms with E-state index in [-0.39, 0.29) is 17.7 Å². The number of nitrogens with zero attached hydrogens (tertiary/aromatic N) is 1. The molecule has 0 spiro atoms. The van der Waals surface area contributed by atoms with Crippen molar-refractivity contribution in [3.05, 3.63) is 37.5 Å². The third-order valence-electron chi connectivity index (χ3n) is 6.01. The summed E-state index contributed by atoms with van der Waals surface area (Å²) in [5.41, 5.74) is 0.0170. The Kier molecular flexibility index (Phi) is 32.2. The van der Waals surface area contributed by atoms with E-state index in [9.17, 15) is 14.4 Å². The van der Waals surface area contributed by atoms with Crippen LogP contribution in [0.25, 0.3) is 0 Å². The predicted molar refractivity (Wildman–Crippen MR) is 169 cm³/mol. The standard InChI is InChI=1S/C22H42O2.C9H15NO2.C3H3N/c1-4-5-6-7-8-9-10-11-12-13-14-15-16-17-18-19-20-24-22(23)21(2)3;1-5-8(12)10-9(3,4)6-7(2)11;1-2-3-4/h2,4-20H2,1,3H3;5H,1,6H2,2-4H3,(H,10,12);2H,1H2. The van der Waals surface area contributed by atoms with Crippen molar-refractivity contribution in [2.24, 2.45) is 0 Å². The average molecular weight is 561 g/mol. The minimum atomic E-state index is -0.475. The van der Waals surface area contributed by atoms with Crippen LogP contribution in [-0.2, 0) is 19.1 Å². The van der Waals surface area contributed by atoms with Crippen molar-refractivity contribution in [2.75, 3.05) is 6.61 Å². The van der Waals surface area contributed by atoms with Crippen LogP contribution in [0.2, 0.25) is 0 Å². The lowest BCUT2D eigenvalue weighted by Gasteiger charge is -2.23. The molecule has 0 rings (SSSR count). The van der Waals surface area contributed by atoms with E-state index in [1.165, 1.54) is 115 Å². The number of amides is 1. The van der Waals surface area contributed by atoms with Gasteiger partial charge in [-0.3, -0.25) is 9.59 Å². The molecule has 0 atom stereocenters. The van der Waals surface area contributed by atoms with Crippen molar-refractivity contribution < 1.29 is 19.1 Å². The van der Waals surface area contributed by atoms with Crippen molar-refractivity contribution in [1.82, 2.24) is 5.32 Å². The van der Waals surface area contributed by atoms with Gasteiger partial charge >= 0.3 is 5.97 Å². The van der Waals surface area contributed by atoms with E-state index in [0.717, 1.165) is 6.42 Å². The lowest BCUT2D eigenvalue weighted by molar-refractivity contribution is -0.139. The number of esters is 1. The van der Waals surface area contributed by atoms with E-state index >= 15 is 0 Å². The highest BCUT2D eigenvalue weighted by molar-refractivity contribution is 5.88. The first-order valence-electron chi connectivity index (χ1n) is 15.2. The number of nitrogens with one attached hydrogen (secondary N) is 1. The van der Waals surface area contributed by atoms with Crippen LogP contribution in [0.15, 0.2) is 37.5 Å². The van der Waals surface area contributed by atoms with Gasteiger partial charge in [-0.2, -0.15) is 5.26 Å². The van der Waals surface area contributed by atoms with Crippen molar-refractivity contribution in [3.8, 4) is 6.07 Å². The van der Waals surface area contributed by atoms with Gasteiger partial charge in [0.2, 0.25) is 5.91 Å². The third-order valence-corrected chi connectivity index (χ3v) is 6.01. The fourth-order valence-electron chi connectivity index (χ4n) is 3.99. The Bertz CT molecular complexity index is 735. The first-order chi connectivity index (χ1) is 19.0. The molecule has 230 valence electrons. The second-order valence-electron chi connectivity index (χ2n) is 11.0. The molecule has 0 heterocycles. The average Bonchev–Trinajstić information content (AvgIpc) is 2.89. The summed E-state index contributed by atoms with van der Waals surface area (Å²) >= 11 is 0. The number of ketones is 1. The van der Waals surface area contributed by atoms with Crippen LogP contribution in [0.1, 0.15) is 144 Å². The molecule has 1 N–H and O–H groups in total. The Morgan fingerprint density at radius 3 is 1.48 bits per heavy atom. The topological polar surface area (TPSA) is 96.3 Å². The summed E-state index contributed by atoms with van der Waals surface area (Å²) in [7, 11) is 0. The van der Waals surface area contributed by atoms with Gasteiger partial charge in [-0.15, -0.1) is 0 Å². The Labute approximate surface area is 246 Å². The highest BCUT2D eigenvalue weighted by Gasteiger charge is 2.20. The first-order valence-corrected chi connectivity index (χ1v) is 15.2. The second kappa shape index (κ2) is 30.9. The normalized spacial score (nSPS) is 10.0. The largest absolute Gasteiger partial charge is 0.462 e. The van der Waals surface area contributed by atoms with Gasteiger partial charge in [0.25, 0.3) is 0 Å². The lowest BCUT2D eigenvalue weighted by atomic mass is 9.98. The van der Waals surface area contributed by atoms with Crippen LogP contribution in [0.3, 0.4) is 0 Å². The maximum atomic E-state index is 11.2. The molecule has 0 aliphatic carbocycles. The highest BCUT2D eigenvalue weighted by Crippen LogP contribution is 2.14. The van der Waals surface area contributed by atoms with Gasteiger partial charge in [-0.05, 0) is 40.2 Å². The molecule has 0 aromatic carbocycles. The van der Waals surface area contributed by atoms with Gasteiger partial charge in [-0.25, -0.2) is 4.79 Å². The Morgan fingerprint density at radius 2 is 1.18 bits per heavy atom. The molecule has 0 aromatic rings. The number of unbranched alkanes of at least 4 members (excludes halogenated alkanes) is 15. The van der Waals surface area contributed by atoms with Crippen molar-refractivity contribution in [3.63, 3.8) is 0 Å². The fourth-order valence-corrected chi connectivity index (χ4v) is 3.99. The summed E-state index contributed by atoms with van der Waals surface area (Å²) in [6, 6.07) is 1.69. The summed E-state index contributed by atoms with van der Waals surface area (Å²) in [6.07, 6.45) is 24.5. The molecule has 0 aromatic heterocycles. The first kappa shape index (κ1) is 41.8. The van der Waals surface area contributed by atoms with Crippen LogP contribution in [-0.4, -0.2) is 29.8 Å². The molecule has 0 saturated heterocycles. The number of nitriles is 1. The summed E-state index contributed by atoms with van der Waals surface area (Å²) in [4.78, 5) is 32.8. The quantitative estimate of drug-likeness (QED) is 0.0616. The van der Waals surface area contributed by atoms with Crippen LogP contribution < -0.4 is 5.32 Å². The molecule has 6 nitrogen and oxygen atoms in total. The Balaban J connectivity index is -0.000000708. The zero-order valence-electron chi connectivity index (χ0n) is 26.6. The Morgan fingerprint density at radius 1 is 0.800 bits per heavy atom. The monoisotopic (exact) mass is 560 g/mol. The summed E-state index contributed by atoms with van der Waals surface area (Å²) in [6.45, 7) is 19.6. The number of carbonyl (C=O) groups excluding carboxylic acids is 3. The van der Waals surface area contributed by atoms with E-state index in [2.05, 4.69) is 32.0 Å². The van der Waals surface area contributed by atoms with Gasteiger partial charge in [0.05, 0.1) is 12.7 Å². The number of carbonyl (C=O) groups is 3. The molecular weight excluding hydrogens is 500 g/mol. The van der Waals surface area contributed by atoms with Gasteiger partial charge < -0.3 is 10.1 Å². The summed E-state index contributed by atoms with van der Waals surface area (Å²) in [5.74, 6) is -0.443. The zero-order valence-corrected chi connectivity index (χ0v) is 26.6. The van der Waals surface area contributed by atoms with E-state index in [1.807, 2.05) is 0 Å². The number of hydrogen-bond donors (Lipinski definition) is 1. The van der Waals surface area contributed by atoms with Crippen LogP contribution in [0.4, 0.5) is 0 Å². The number of rotatable bonds is 22. The Hall–Kier alpha value is -2.68. The molecule has 0 unspecified atom stereocenters. The molecule has 0 aliphatic rings. The minimum Gasteiger partial charge on any atom is -0.462 e. The van der Waals surface area contributed by atoms with Gasteiger partial charge in [0.15, 0.2) is 0 Å². The second-order valence-corrected chi connectivity index (χ2v) is 11.0. The minimum absolute atomic E-state index is 0.0596. The van der Waals surface area contributed by atoms with Gasteiger partial charge in [0.1, 0.15) is 5.78 Å². The molecule has 0 radical (unpaired) electrons. The van der Waals surface area contributed by atoms with Crippen LogP contribution in [0.5, 0.6) is 0 Å². The van der Waals surface area contributed by atoms with Crippen molar-refractivity contribution in [1.29, 1.82) is 5.26 Å². The molecule has 1 amide bonds. The van der Waals surface area contributed by atoms with E-state index in [4.69, 9.17) is 10.00 Å². The number of allylic oxidation sites excluding steroid dienone is 1. The van der Waals surface area contributed by atoms with E-state index < -0.39 is 5.54 Å². The molecule has 0 bridgehead atoms. The maximum Gasteiger partial charge on any atom is 0.333 e. The molecule has 6 heteroatoms. The highest BCUT2D eigenvalue weighted by atomic mass is 16.5. The fraction of sp³-hybridized carbons (Fsp3) is 0.706. The number of hydrogen-bond acceptors (Lipinski definition) is 5.